The van der Waals surface area contributed by atoms with E-state index in [4.69, 9.17) is 0 Å². The van der Waals surface area contributed by atoms with Gasteiger partial charge in [0.15, 0.2) is 0 Å². The van der Waals surface area contributed by atoms with E-state index >= 15 is 0 Å². The Morgan fingerprint density at radius 1 is 1.24 bits per heavy atom. The number of allylic oxidation sites excluding steroid dienone is 2. The molecule has 1 fully saturated rings. The van der Waals surface area contributed by atoms with E-state index in [0.717, 1.165) is 5.92 Å². The third kappa shape index (κ3) is 4.37. The molecule has 17 heavy (non-hydrogen) atoms. The monoisotopic (exact) mass is 237 g/mol. The Labute approximate surface area is 108 Å². The highest BCUT2D eigenvalue weighted by Gasteiger charge is 2.49. The molecular weight excluding hydrogens is 206 g/mol. The Hall–Kier alpha value is -0.460. The van der Waals surface area contributed by atoms with Gasteiger partial charge in [0, 0.05) is 18.7 Å². The Balaban J connectivity index is 2.22. The predicted octanol–water partition coefficient (Wildman–Crippen LogP) is 4.89. The molecule has 100 valence electrons. The summed E-state index contributed by atoms with van der Waals surface area (Å²) in [5.41, 5.74) is 2.10. The quantitative estimate of drug-likeness (QED) is 0.563. The Morgan fingerprint density at radius 2 is 1.94 bits per heavy atom. The molecule has 0 amide bonds. The van der Waals surface area contributed by atoms with Crippen molar-refractivity contribution >= 4 is 0 Å². The molecule has 1 aliphatic carbocycles. The lowest BCUT2D eigenvalue weighted by Gasteiger charge is -2.11. The van der Waals surface area contributed by atoms with Crippen LogP contribution in [0.3, 0.4) is 0 Å². The number of hydrogen-bond donors (Lipinski definition) is 1. The van der Waals surface area contributed by atoms with E-state index < -0.39 is 0 Å². The molecule has 1 aliphatic rings. The van der Waals surface area contributed by atoms with Gasteiger partial charge in [0.25, 0.3) is 0 Å². The Kier molecular flexibility index (Phi) is 6.08. The summed E-state index contributed by atoms with van der Waals surface area (Å²) < 4.78 is 0. The Bertz CT molecular complexity index is 244. The number of rotatable bonds is 9. The Morgan fingerprint density at radius 3 is 2.47 bits per heavy atom. The number of hydrogen-bond acceptors (Lipinski definition) is 1. The van der Waals surface area contributed by atoms with Crippen LogP contribution in [0.5, 0.6) is 0 Å². The largest absolute Gasteiger partial charge is 0.391 e. The van der Waals surface area contributed by atoms with Crippen molar-refractivity contribution in [2.24, 2.45) is 11.3 Å². The molecule has 0 aromatic rings. The highest BCUT2D eigenvalue weighted by molar-refractivity contribution is 5.18. The first-order valence-electron chi connectivity index (χ1n) is 7.55. The highest BCUT2D eigenvalue weighted by Crippen LogP contribution is 2.57. The molecular formula is C16H31N. The summed E-state index contributed by atoms with van der Waals surface area (Å²) in [6.07, 6.45) is 13.3. The van der Waals surface area contributed by atoms with Gasteiger partial charge in [-0.25, -0.2) is 0 Å². The summed E-state index contributed by atoms with van der Waals surface area (Å²) in [4.78, 5) is 0. The fourth-order valence-electron chi connectivity index (χ4n) is 2.71. The molecule has 1 nitrogen and oxygen atoms in total. The summed E-state index contributed by atoms with van der Waals surface area (Å²) in [5.74, 6) is 0.813. The van der Waals surface area contributed by atoms with Crippen LogP contribution in [0.15, 0.2) is 11.8 Å². The summed E-state index contributed by atoms with van der Waals surface area (Å²) >= 11 is 0. The van der Waals surface area contributed by atoms with Crippen LogP contribution in [0.1, 0.15) is 72.1 Å². The molecule has 0 aliphatic heterocycles. The van der Waals surface area contributed by atoms with Crippen LogP contribution in [0.2, 0.25) is 0 Å². The third-order valence-corrected chi connectivity index (χ3v) is 4.50. The minimum absolute atomic E-state index is 0.594. The van der Waals surface area contributed by atoms with Crippen LogP contribution in [-0.4, -0.2) is 7.05 Å². The first kappa shape index (κ1) is 14.6. The van der Waals surface area contributed by atoms with Crippen molar-refractivity contribution in [1.82, 2.24) is 5.32 Å². The summed E-state index contributed by atoms with van der Waals surface area (Å²) in [6.45, 7) is 7.01. The lowest BCUT2D eigenvalue weighted by Crippen LogP contribution is -2.11. The van der Waals surface area contributed by atoms with Gasteiger partial charge in [-0.2, -0.15) is 0 Å². The summed E-state index contributed by atoms with van der Waals surface area (Å²) in [5, 5.41) is 3.42. The van der Waals surface area contributed by atoms with Gasteiger partial charge in [-0.05, 0) is 24.7 Å². The van der Waals surface area contributed by atoms with Crippen molar-refractivity contribution in [3.05, 3.63) is 11.8 Å². The van der Waals surface area contributed by atoms with Gasteiger partial charge in [-0.3, -0.25) is 0 Å². The first-order chi connectivity index (χ1) is 8.18. The van der Waals surface area contributed by atoms with E-state index in [-0.39, 0.29) is 0 Å². The van der Waals surface area contributed by atoms with E-state index in [2.05, 4.69) is 39.2 Å². The van der Waals surface area contributed by atoms with Crippen molar-refractivity contribution in [1.29, 1.82) is 0 Å². The van der Waals surface area contributed by atoms with Gasteiger partial charge in [0.1, 0.15) is 0 Å². The second kappa shape index (κ2) is 7.08. The molecule has 1 saturated carbocycles. The average Bonchev–Trinajstić information content (AvgIpc) is 3.01. The van der Waals surface area contributed by atoms with Gasteiger partial charge in [-0.1, -0.05) is 59.0 Å². The maximum atomic E-state index is 3.42. The molecule has 1 rings (SSSR count). The molecule has 1 heteroatoms. The first-order valence-corrected chi connectivity index (χ1v) is 7.55. The van der Waals surface area contributed by atoms with E-state index in [0.29, 0.717) is 5.41 Å². The lowest BCUT2D eigenvalue weighted by atomic mass is 10.0. The van der Waals surface area contributed by atoms with Crippen molar-refractivity contribution in [2.75, 3.05) is 7.05 Å². The average molecular weight is 237 g/mol. The molecule has 2 atom stereocenters. The maximum absolute atomic E-state index is 3.42. The van der Waals surface area contributed by atoms with Crippen LogP contribution in [-0.2, 0) is 0 Å². The second-order valence-corrected chi connectivity index (χ2v) is 5.88. The topological polar surface area (TPSA) is 12.0 Å². The zero-order chi connectivity index (χ0) is 12.7. The lowest BCUT2D eigenvalue weighted by molar-refractivity contribution is 0.500. The minimum Gasteiger partial charge on any atom is -0.391 e. The van der Waals surface area contributed by atoms with Crippen molar-refractivity contribution in [2.45, 2.75) is 72.1 Å². The van der Waals surface area contributed by atoms with Crippen LogP contribution in [0, 0.1) is 11.3 Å². The molecule has 0 radical (unpaired) electrons. The molecule has 0 saturated heterocycles. The molecule has 0 heterocycles. The van der Waals surface area contributed by atoms with Gasteiger partial charge < -0.3 is 5.32 Å². The summed E-state index contributed by atoms with van der Waals surface area (Å²) in [7, 11) is 2.08. The van der Waals surface area contributed by atoms with Gasteiger partial charge in [0.05, 0.1) is 0 Å². The highest BCUT2D eigenvalue weighted by atomic mass is 14.9. The fraction of sp³-hybridized carbons (Fsp3) is 0.875. The smallest absolute Gasteiger partial charge is 0.0101 e. The van der Waals surface area contributed by atoms with Crippen LogP contribution >= 0.6 is 0 Å². The molecule has 0 aromatic heterocycles. The van der Waals surface area contributed by atoms with Gasteiger partial charge >= 0.3 is 0 Å². The van der Waals surface area contributed by atoms with Crippen molar-refractivity contribution in [3.63, 3.8) is 0 Å². The van der Waals surface area contributed by atoms with E-state index in [1.54, 1.807) is 0 Å². The van der Waals surface area contributed by atoms with Gasteiger partial charge in [0.2, 0.25) is 0 Å². The summed E-state index contributed by atoms with van der Waals surface area (Å²) in [6, 6.07) is 0. The van der Waals surface area contributed by atoms with Crippen LogP contribution in [0.4, 0.5) is 0 Å². The van der Waals surface area contributed by atoms with E-state index in [9.17, 15) is 0 Å². The van der Waals surface area contributed by atoms with E-state index in [1.165, 1.54) is 57.1 Å². The minimum atomic E-state index is 0.594. The molecule has 1 N–H and O–H groups in total. The molecule has 1 unspecified atom stereocenters. The number of nitrogens with one attached hydrogen (secondary N) is 1. The maximum Gasteiger partial charge on any atom is 0.0101 e. The van der Waals surface area contributed by atoms with Gasteiger partial charge in [-0.15, -0.1) is 0 Å². The third-order valence-electron chi connectivity index (χ3n) is 4.50. The zero-order valence-corrected chi connectivity index (χ0v) is 12.3. The van der Waals surface area contributed by atoms with Crippen LogP contribution < -0.4 is 5.32 Å². The number of unbranched alkanes of at least 4 members (excludes halogenated alkanes) is 5. The molecule has 0 bridgehead atoms. The van der Waals surface area contributed by atoms with Crippen LogP contribution in [0.25, 0.3) is 0 Å². The molecule has 0 aromatic carbocycles. The standard InChI is InChI=1S/C16H31N/c1-5-7-8-9-10-11-12-15(17-4)14-13-16(14,3)6-2/h12,14,17H,5-11,13H2,1-4H3/b15-12-/t14-,16?/m1/s1. The van der Waals surface area contributed by atoms with Crippen molar-refractivity contribution in [3.8, 4) is 0 Å². The normalized spacial score (nSPS) is 28.2. The SMILES string of the molecule is CCCCCCC/C=C(\NC)[C@H]1CC1(C)CC. The second-order valence-electron chi connectivity index (χ2n) is 5.88. The fourth-order valence-corrected chi connectivity index (χ4v) is 2.71. The molecule has 0 spiro atoms. The predicted molar refractivity (Wildman–Crippen MR) is 77.0 cm³/mol. The zero-order valence-electron chi connectivity index (χ0n) is 12.3. The van der Waals surface area contributed by atoms with Crippen molar-refractivity contribution < 1.29 is 0 Å². The van der Waals surface area contributed by atoms with E-state index in [1.807, 2.05) is 0 Å².